The van der Waals surface area contributed by atoms with Crippen molar-refractivity contribution in [1.29, 1.82) is 0 Å². The van der Waals surface area contributed by atoms with Gasteiger partial charge in [-0.1, -0.05) is 104 Å². The molecule has 0 aliphatic carbocycles. The van der Waals surface area contributed by atoms with Gasteiger partial charge in [-0.2, -0.15) is 0 Å². The quantitative estimate of drug-likeness (QED) is 0.0612. The van der Waals surface area contributed by atoms with Gasteiger partial charge < -0.3 is 26.3 Å². The lowest BCUT2D eigenvalue weighted by atomic mass is 9.90. The van der Waals surface area contributed by atoms with Crippen LogP contribution < -0.4 is 21.3 Å². The third kappa shape index (κ3) is 11.3. The van der Waals surface area contributed by atoms with Crippen LogP contribution in [0.3, 0.4) is 0 Å². The number of hydrogen-bond donors (Lipinski definition) is 5. The number of aromatic nitrogens is 1. The fraction of sp³-hybridized carbons (Fsp3) is 0.372. The van der Waals surface area contributed by atoms with E-state index in [0.717, 1.165) is 65.2 Å². The maximum absolute atomic E-state index is 14.2. The summed E-state index contributed by atoms with van der Waals surface area (Å²) in [4.78, 5) is 43.3. The number of rotatable bonds is 19. The van der Waals surface area contributed by atoms with Crippen LogP contribution in [0.4, 0.5) is 0 Å². The second-order valence-corrected chi connectivity index (χ2v) is 13.9. The maximum atomic E-state index is 14.2. The summed E-state index contributed by atoms with van der Waals surface area (Å²) >= 11 is 0. The summed E-state index contributed by atoms with van der Waals surface area (Å²) in [5.41, 5.74) is 4.30. The summed E-state index contributed by atoms with van der Waals surface area (Å²) in [6.07, 6.45) is 6.49. The molecule has 0 aliphatic heterocycles. The number of unbranched alkanes of at least 4 members (excludes halogenated alkanes) is 1. The number of hydrogen-bond acceptors (Lipinski definition) is 4. The van der Waals surface area contributed by atoms with Crippen molar-refractivity contribution >= 4 is 39.4 Å². The predicted molar refractivity (Wildman–Crippen MR) is 207 cm³/mol. The summed E-state index contributed by atoms with van der Waals surface area (Å²) in [6.45, 7) is 5.58. The Bertz CT molecular complexity index is 1870. The van der Waals surface area contributed by atoms with Gasteiger partial charge in [-0.15, -0.1) is 0 Å². The molecule has 1 aromatic heterocycles. The molecule has 0 fully saturated rings. The van der Waals surface area contributed by atoms with Gasteiger partial charge in [0.2, 0.25) is 17.7 Å². The van der Waals surface area contributed by atoms with Crippen LogP contribution in [-0.4, -0.2) is 48.4 Å². The molecule has 5 rings (SSSR count). The van der Waals surface area contributed by atoms with Crippen molar-refractivity contribution in [2.24, 2.45) is 11.8 Å². The van der Waals surface area contributed by atoms with E-state index in [1.807, 2.05) is 80.7 Å². The zero-order valence-electron chi connectivity index (χ0n) is 30.2. The second kappa shape index (κ2) is 18.9. The van der Waals surface area contributed by atoms with Crippen molar-refractivity contribution < 1.29 is 14.4 Å². The molecule has 3 amide bonds. The third-order valence-electron chi connectivity index (χ3n) is 9.74. The Morgan fingerprint density at radius 2 is 1.49 bits per heavy atom. The lowest BCUT2D eigenvalue weighted by Crippen LogP contribution is -2.44. The van der Waals surface area contributed by atoms with E-state index in [-0.39, 0.29) is 48.1 Å². The van der Waals surface area contributed by atoms with Crippen molar-refractivity contribution in [2.45, 2.75) is 77.4 Å². The first-order valence-corrected chi connectivity index (χ1v) is 18.4. The summed E-state index contributed by atoms with van der Waals surface area (Å²) in [5.74, 6) is -0.770. The molecule has 4 atom stereocenters. The molecule has 0 aliphatic rings. The summed E-state index contributed by atoms with van der Waals surface area (Å²) in [7, 11) is 1.65. The molecule has 1 heterocycles. The zero-order valence-corrected chi connectivity index (χ0v) is 30.2. The first kappa shape index (κ1) is 37.3. The van der Waals surface area contributed by atoms with Crippen LogP contribution in [-0.2, 0) is 33.8 Å². The Balaban J connectivity index is 1.23. The molecule has 8 heteroatoms. The number of benzene rings is 4. The molecule has 8 nitrogen and oxygen atoms in total. The lowest BCUT2D eigenvalue weighted by molar-refractivity contribution is -0.128. The van der Waals surface area contributed by atoms with E-state index in [2.05, 4.69) is 62.6 Å². The molecule has 0 saturated heterocycles. The average molecular weight is 688 g/mol. The smallest absolute Gasteiger partial charge is 0.224 e. The van der Waals surface area contributed by atoms with E-state index in [9.17, 15) is 14.4 Å². The molecule has 4 aromatic carbocycles. The fourth-order valence-electron chi connectivity index (χ4n) is 7.01. The van der Waals surface area contributed by atoms with Gasteiger partial charge in [0.05, 0.1) is 6.42 Å². The largest absolute Gasteiger partial charge is 0.361 e. The SMILES string of the molecule is CNC(=O)[C@H](C)C[C@H](CCCCNCc1ccccc1)NC(=O)[C@@H](Cc1c[nH]c2ccccc12)C[C@@H](C)NC(=O)Cc1ccc2ccccc2c1. The number of fused-ring (bicyclic) bond motifs is 2. The average Bonchev–Trinajstić information content (AvgIpc) is 3.55. The number of para-hydroxylation sites is 1. The molecule has 0 spiro atoms. The van der Waals surface area contributed by atoms with Crippen LogP contribution in [0.15, 0.2) is 103 Å². The van der Waals surface area contributed by atoms with E-state index in [0.29, 0.717) is 19.3 Å². The van der Waals surface area contributed by atoms with Crippen LogP contribution in [0.2, 0.25) is 0 Å². The third-order valence-corrected chi connectivity index (χ3v) is 9.74. The molecule has 0 saturated carbocycles. The van der Waals surface area contributed by atoms with Crippen LogP contribution in [0, 0.1) is 11.8 Å². The summed E-state index contributed by atoms with van der Waals surface area (Å²) in [5, 5.41) is 16.1. The highest BCUT2D eigenvalue weighted by Gasteiger charge is 2.27. The Labute approximate surface area is 302 Å². The van der Waals surface area contributed by atoms with Crippen LogP contribution in [0.1, 0.15) is 62.6 Å². The van der Waals surface area contributed by atoms with E-state index in [1.54, 1.807) is 7.05 Å². The predicted octanol–water partition coefficient (Wildman–Crippen LogP) is 6.83. The number of nitrogens with one attached hydrogen (secondary N) is 5. The van der Waals surface area contributed by atoms with Crippen molar-refractivity contribution in [1.82, 2.24) is 26.3 Å². The monoisotopic (exact) mass is 687 g/mol. The highest BCUT2D eigenvalue weighted by Crippen LogP contribution is 2.24. The standard InChI is InChI=1S/C43H53N5O3/c1-30(42(50)44-3)23-38(17-11-12-22-45-28-32-13-5-4-6-14-32)48-43(51)36(27-37-29-46-40-19-10-9-18-39(37)40)24-31(2)47-41(49)26-33-20-21-34-15-7-8-16-35(34)25-33/h4-10,13-16,18-21,25,29-31,36,38,45-46H,11-12,17,22-24,26-28H2,1-3H3,(H,44,50)(H,47,49)(H,48,51)/t30-,31-,36-,38+/m1/s1. The van der Waals surface area contributed by atoms with Crippen molar-refractivity contribution in [3.05, 3.63) is 120 Å². The molecular weight excluding hydrogens is 635 g/mol. The molecule has 51 heavy (non-hydrogen) atoms. The first-order chi connectivity index (χ1) is 24.8. The van der Waals surface area contributed by atoms with Gasteiger partial charge in [-0.05, 0) is 79.1 Å². The maximum Gasteiger partial charge on any atom is 0.224 e. The first-order valence-electron chi connectivity index (χ1n) is 18.4. The molecule has 0 radical (unpaired) electrons. The minimum absolute atomic E-state index is 0.0307. The van der Waals surface area contributed by atoms with Crippen molar-refractivity contribution in [2.75, 3.05) is 13.6 Å². The Hall–Kier alpha value is -4.95. The van der Waals surface area contributed by atoms with E-state index in [1.165, 1.54) is 5.56 Å². The number of aromatic amines is 1. The minimum Gasteiger partial charge on any atom is -0.361 e. The lowest BCUT2D eigenvalue weighted by Gasteiger charge is -2.26. The summed E-state index contributed by atoms with van der Waals surface area (Å²) in [6, 6.07) is 32.3. The molecule has 5 N–H and O–H groups in total. The van der Waals surface area contributed by atoms with Gasteiger partial charge in [-0.25, -0.2) is 0 Å². The van der Waals surface area contributed by atoms with E-state index >= 15 is 0 Å². The van der Waals surface area contributed by atoms with Gasteiger partial charge in [0.25, 0.3) is 0 Å². The number of carbonyl (C=O) groups excluding carboxylic acids is 3. The molecule has 5 aromatic rings. The van der Waals surface area contributed by atoms with E-state index < -0.39 is 0 Å². The molecule has 0 unspecified atom stereocenters. The van der Waals surface area contributed by atoms with Gasteiger partial charge in [0.1, 0.15) is 0 Å². The molecular formula is C43H53N5O3. The van der Waals surface area contributed by atoms with Crippen LogP contribution in [0.5, 0.6) is 0 Å². The number of carbonyl (C=O) groups is 3. The van der Waals surface area contributed by atoms with Crippen LogP contribution in [0.25, 0.3) is 21.7 Å². The highest BCUT2D eigenvalue weighted by molar-refractivity contribution is 5.86. The second-order valence-electron chi connectivity index (χ2n) is 13.9. The van der Waals surface area contributed by atoms with Crippen LogP contribution >= 0.6 is 0 Å². The van der Waals surface area contributed by atoms with Gasteiger partial charge in [0, 0.05) is 54.6 Å². The van der Waals surface area contributed by atoms with Crippen molar-refractivity contribution in [3.63, 3.8) is 0 Å². The zero-order chi connectivity index (χ0) is 36.0. The van der Waals surface area contributed by atoms with Gasteiger partial charge in [-0.3, -0.25) is 14.4 Å². The Kier molecular flexibility index (Phi) is 13.8. The normalized spacial score (nSPS) is 13.7. The Morgan fingerprint density at radius 3 is 2.29 bits per heavy atom. The van der Waals surface area contributed by atoms with Gasteiger partial charge >= 0.3 is 0 Å². The Morgan fingerprint density at radius 1 is 0.745 bits per heavy atom. The summed E-state index contributed by atoms with van der Waals surface area (Å²) < 4.78 is 0. The minimum atomic E-state index is -0.384. The fourth-order valence-corrected chi connectivity index (χ4v) is 7.01. The number of H-pyrrole nitrogens is 1. The van der Waals surface area contributed by atoms with Crippen molar-refractivity contribution in [3.8, 4) is 0 Å². The topological polar surface area (TPSA) is 115 Å². The van der Waals surface area contributed by atoms with Gasteiger partial charge in [0.15, 0.2) is 0 Å². The number of amides is 3. The molecule has 268 valence electrons. The highest BCUT2D eigenvalue weighted by atomic mass is 16.2. The molecule has 0 bridgehead atoms. The van der Waals surface area contributed by atoms with E-state index in [4.69, 9.17) is 0 Å².